The highest BCUT2D eigenvalue weighted by atomic mass is 35.5. The van der Waals surface area contributed by atoms with Crippen molar-refractivity contribution in [3.05, 3.63) is 24.0 Å². The minimum atomic E-state index is -0.465. The van der Waals surface area contributed by atoms with Crippen molar-refractivity contribution in [2.45, 2.75) is 6.23 Å². The summed E-state index contributed by atoms with van der Waals surface area (Å²) in [5, 5.41) is 2.87. The van der Waals surface area contributed by atoms with Crippen LogP contribution in [0.15, 0.2) is 18.2 Å². The first kappa shape index (κ1) is 16.8. The predicted molar refractivity (Wildman–Crippen MR) is 83.4 cm³/mol. The van der Waals surface area contributed by atoms with Crippen molar-refractivity contribution in [2.75, 3.05) is 49.7 Å². The quantitative estimate of drug-likeness (QED) is 0.911. The van der Waals surface area contributed by atoms with E-state index in [2.05, 4.69) is 5.32 Å². The minimum absolute atomic E-state index is 0. The summed E-state index contributed by atoms with van der Waals surface area (Å²) in [5.74, 6) is -0.338. The van der Waals surface area contributed by atoms with Crippen LogP contribution in [-0.4, -0.2) is 52.2 Å². The van der Waals surface area contributed by atoms with E-state index < -0.39 is 6.09 Å². The molecule has 0 radical (unpaired) electrons. The van der Waals surface area contributed by atoms with Gasteiger partial charge in [0.15, 0.2) is 6.23 Å². The molecule has 0 aromatic heterocycles. The van der Waals surface area contributed by atoms with E-state index in [9.17, 15) is 9.18 Å². The number of ether oxygens (including phenoxy) is 2. The van der Waals surface area contributed by atoms with Gasteiger partial charge in [-0.25, -0.2) is 9.18 Å². The third kappa shape index (κ3) is 3.26. The first-order chi connectivity index (χ1) is 10.2. The van der Waals surface area contributed by atoms with Crippen molar-refractivity contribution < 1.29 is 18.7 Å². The van der Waals surface area contributed by atoms with Crippen LogP contribution in [0.4, 0.5) is 20.6 Å². The number of likely N-dealkylation sites (N-methyl/N-ethyl adjacent to an activating group) is 1. The zero-order valence-electron chi connectivity index (χ0n) is 12.3. The van der Waals surface area contributed by atoms with Crippen LogP contribution >= 0.6 is 12.4 Å². The maximum atomic E-state index is 14.3. The fourth-order valence-electron chi connectivity index (χ4n) is 2.55. The lowest BCUT2D eigenvalue weighted by Crippen LogP contribution is -2.36. The molecule has 3 rings (SSSR count). The van der Waals surface area contributed by atoms with Gasteiger partial charge in [0.25, 0.3) is 0 Å². The minimum Gasteiger partial charge on any atom is -0.428 e. The Hall–Kier alpha value is -1.57. The Labute approximate surface area is 134 Å². The Kier molecular flexibility index (Phi) is 5.44. The lowest BCUT2D eigenvalue weighted by atomic mass is 10.2. The van der Waals surface area contributed by atoms with Crippen molar-refractivity contribution in [2.24, 2.45) is 0 Å². The molecule has 1 unspecified atom stereocenters. The van der Waals surface area contributed by atoms with Gasteiger partial charge in [-0.3, -0.25) is 10.2 Å². The van der Waals surface area contributed by atoms with Gasteiger partial charge in [-0.15, -0.1) is 12.4 Å². The van der Waals surface area contributed by atoms with Crippen LogP contribution in [0, 0.1) is 5.82 Å². The molecule has 2 aliphatic heterocycles. The van der Waals surface area contributed by atoms with Gasteiger partial charge in [0, 0.05) is 13.1 Å². The topological polar surface area (TPSA) is 54.0 Å². The van der Waals surface area contributed by atoms with Gasteiger partial charge in [0.2, 0.25) is 0 Å². The summed E-state index contributed by atoms with van der Waals surface area (Å²) < 4.78 is 24.7. The molecule has 8 heteroatoms. The van der Waals surface area contributed by atoms with E-state index in [1.807, 2.05) is 4.90 Å². The Morgan fingerprint density at radius 1 is 1.32 bits per heavy atom. The van der Waals surface area contributed by atoms with E-state index in [-0.39, 0.29) is 24.5 Å². The smallest absolute Gasteiger partial charge is 0.416 e. The standard InChI is InChI=1S/C14H18FN3O3.ClH/c1-16-13-9-18(14(19)21-13)10-2-3-12(11(15)8-10)17-4-6-20-7-5-17;/h2-3,8,13,16H,4-7,9H2,1H3;1H. The second kappa shape index (κ2) is 7.13. The van der Waals surface area contributed by atoms with E-state index in [0.717, 1.165) is 0 Å². The van der Waals surface area contributed by atoms with Gasteiger partial charge < -0.3 is 14.4 Å². The highest BCUT2D eigenvalue weighted by Crippen LogP contribution is 2.27. The van der Waals surface area contributed by atoms with Crippen molar-refractivity contribution in [1.82, 2.24) is 5.32 Å². The summed E-state index contributed by atoms with van der Waals surface area (Å²) in [6.07, 6.45) is -0.827. The molecular formula is C14H19ClFN3O3. The normalized spacial score (nSPS) is 21.5. The van der Waals surface area contributed by atoms with Gasteiger partial charge >= 0.3 is 6.09 Å². The van der Waals surface area contributed by atoms with Crippen molar-refractivity contribution >= 4 is 29.9 Å². The Balaban J connectivity index is 0.00000176. The van der Waals surface area contributed by atoms with Gasteiger partial charge in [-0.05, 0) is 25.2 Å². The summed E-state index contributed by atoms with van der Waals surface area (Å²) in [5.41, 5.74) is 1.05. The second-order valence-electron chi connectivity index (χ2n) is 5.01. The average molecular weight is 332 g/mol. The highest BCUT2D eigenvalue weighted by molar-refractivity contribution is 5.90. The molecule has 2 aliphatic rings. The molecule has 6 nitrogen and oxygen atoms in total. The largest absolute Gasteiger partial charge is 0.428 e. The number of hydrogen-bond donors (Lipinski definition) is 1. The van der Waals surface area contributed by atoms with E-state index in [1.54, 1.807) is 19.2 Å². The summed E-state index contributed by atoms with van der Waals surface area (Å²) in [6, 6.07) is 4.83. The van der Waals surface area contributed by atoms with Crippen LogP contribution in [0.5, 0.6) is 0 Å². The van der Waals surface area contributed by atoms with Crippen LogP contribution < -0.4 is 15.1 Å². The number of nitrogens with one attached hydrogen (secondary N) is 1. The highest BCUT2D eigenvalue weighted by Gasteiger charge is 2.31. The first-order valence-electron chi connectivity index (χ1n) is 6.96. The zero-order valence-corrected chi connectivity index (χ0v) is 13.1. The second-order valence-corrected chi connectivity index (χ2v) is 5.01. The number of morpholine rings is 1. The Morgan fingerprint density at radius 3 is 2.64 bits per heavy atom. The molecular weight excluding hydrogens is 313 g/mol. The lowest BCUT2D eigenvalue weighted by Gasteiger charge is -2.29. The predicted octanol–water partition coefficient (Wildman–Crippen LogP) is 1.59. The number of halogens is 2. The Bertz CT molecular complexity index is 540. The fraction of sp³-hybridized carbons (Fsp3) is 0.500. The molecule has 1 aromatic carbocycles. The molecule has 0 aliphatic carbocycles. The lowest BCUT2D eigenvalue weighted by molar-refractivity contribution is 0.122. The number of nitrogens with zero attached hydrogens (tertiary/aromatic N) is 2. The van der Waals surface area contributed by atoms with E-state index in [0.29, 0.717) is 44.2 Å². The van der Waals surface area contributed by atoms with E-state index in [4.69, 9.17) is 9.47 Å². The number of carbonyl (C=O) groups excluding carboxylic acids is 1. The Morgan fingerprint density at radius 2 is 2.05 bits per heavy atom. The summed E-state index contributed by atoms with van der Waals surface area (Å²) >= 11 is 0. The number of rotatable bonds is 3. The van der Waals surface area contributed by atoms with Crippen LogP contribution in [0.2, 0.25) is 0 Å². The molecule has 1 atom stereocenters. The molecule has 1 N–H and O–H groups in total. The summed E-state index contributed by atoms with van der Waals surface area (Å²) in [4.78, 5) is 15.1. The fourth-order valence-corrected chi connectivity index (χ4v) is 2.55. The van der Waals surface area contributed by atoms with Crippen molar-refractivity contribution in [3.8, 4) is 0 Å². The average Bonchev–Trinajstić information content (AvgIpc) is 2.89. The molecule has 122 valence electrons. The van der Waals surface area contributed by atoms with Gasteiger partial charge in [-0.2, -0.15) is 0 Å². The third-order valence-corrected chi connectivity index (χ3v) is 3.73. The number of anilines is 2. The molecule has 0 bridgehead atoms. The summed E-state index contributed by atoms with van der Waals surface area (Å²) in [7, 11) is 1.71. The van der Waals surface area contributed by atoms with Gasteiger partial charge in [0.1, 0.15) is 5.82 Å². The zero-order chi connectivity index (χ0) is 14.8. The van der Waals surface area contributed by atoms with Crippen molar-refractivity contribution in [3.63, 3.8) is 0 Å². The number of amides is 1. The van der Waals surface area contributed by atoms with Crippen LogP contribution in [0.1, 0.15) is 0 Å². The van der Waals surface area contributed by atoms with Crippen LogP contribution in [0.25, 0.3) is 0 Å². The molecule has 2 fully saturated rings. The van der Waals surface area contributed by atoms with Gasteiger partial charge in [-0.1, -0.05) is 0 Å². The number of cyclic esters (lactones) is 1. The van der Waals surface area contributed by atoms with Crippen molar-refractivity contribution in [1.29, 1.82) is 0 Å². The van der Waals surface area contributed by atoms with Crippen LogP contribution in [-0.2, 0) is 9.47 Å². The molecule has 0 spiro atoms. The van der Waals surface area contributed by atoms with E-state index in [1.165, 1.54) is 11.0 Å². The monoisotopic (exact) mass is 331 g/mol. The number of benzene rings is 1. The molecule has 0 saturated carbocycles. The molecule has 1 aromatic rings. The van der Waals surface area contributed by atoms with Gasteiger partial charge in [0.05, 0.1) is 31.1 Å². The number of carbonyl (C=O) groups is 1. The molecule has 2 saturated heterocycles. The van der Waals surface area contributed by atoms with E-state index >= 15 is 0 Å². The maximum absolute atomic E-state index is 14.3. The SMILES string of the molecule is CNC1CN(c2ccc(N3CCOCC3)c(F)c2)C(=O)O1.Cl. The molecule has 1 amide bonds. The van der Waals surface area contributed by atoms with Crippen LogP contribution in [0.3, 0.4) is 0 Å². The molecule has 22 heavy (non-hydrogen) atoms. The first-order valence-corrected chi connectivity index (χ1v) is 6.96. The number of hydrogen-bond acceptors (Lipinski definition) is 5. The molecule has 2 heterocycles. The maximum Gasteiger partial charge on any atom is 0.416 e. The third-order valence-electron chi connectivity index (χ3n) is 3.73. The summed E-state index contributed by atoms with van der Waals surface area (Å²) in [6.45, 7) is 2.91.